The minimum atomic E-state index is -0.175. The number of anilines is 1. The maximum absolute atomic E-state index is 12.8. The zero-order chi connectivity index (χ0) is 15.1. The normalized spacial score (nSPS) is 21.5. The summed E-state index contributed by atoms with van der Waals surface area (Å²) >= 11 is 6.41. The van der Waals surface area contributed by atoms with Gasteiger partial charge in [-0.25, -0.2) is 4.79 Å². The summed E-state index contributed by atoms with van der Waals surface area (Å²) in [6.07, 6.45) is 0.820. The number of urea groups is 1. The molecule has 1 atom stereocenters. The molecular formula is C17H16ClN3O. The molecule has 0 unspecified atom stereocenters. The molecule has 0 saturated carbocycles. The van der Waals surface area contributed by atoms with Gasteiger partial charge in [-0.15, -0.1) is 0 Å². The van der Waals surface area contributed by atoms with Crippen LogP contribution in [-0.4, -0.2) is 29.1 Å². The SMILES string of the molecule is O=C1N(c2ccccc2)[C@H](c2ccccc2Cl)N2CCCN12. The number of nitrogens with zero attached hydrogens (tertiary/aromatic N) is 3. The fraction of sp³-hybridized carbons (Fsp3) is 0.235. The number of rotatable bonds is 2. The summed E-state index contributed by atoms with van der Waals surface area (Å²) in [5, 5.41) is 4.65. The zero-order valence-corrected chi connectivity index (χ0v) is 12.8. The van der Waals surface area contributed by atoms with Crippen LogP contribution in [0, 0.1) is 0 Å². The summed E-state index contributed by atoms with van der Waals surface area (Å²) in [4.78, 5) is 14.7. The maximum atomic E-state index is 12.8. The Kier molecular flexibility index (Phi) is 3.28. The van der Waals surface area contributed by atoms with Crippen LogP contribution in [0.5, 0.6) is 0 Å². The van der Waals surface area contributed by atoms with E-state index in [1.54, 1.807) is 0 Å². The van der Waals surface area contributed by atoms with E-state index < -0.39 is 0 Å². The Labute approximate surface area is 134 Å². The van der Waals surface area contributed by atoms with Crippen LogP contribution in [0.2, 0.25) is 5.02 Å². The van der Waals surface area contributed by atoms with Crippen LogP contribution < -0.4 is 4.90 Å². The number of halogens is 1. The largest absolute Gasteiger partial charge is 0.340 e. The summed E-state index contributed by atoms with van der Waals surface area (Å²) in [5.74, 6) is 0. The smallest absolute Gasteiger partial charge is 0.271 e. The number of hydrogen-bond donors (Lipinski definition) is 0. The second kappa shape index (κ2) is 5.30. The first kappa shape index (κ1) is 13.6. The molecule has 112 valence electrons. The second-order valence-electron chi connectivity index (χ2n) is 5.52. The Balaban J connectivity index is 1.84. The number of amides is 2. The number of hydrogen-bond acceptors (Lipinski definition) is 2. The quantitative estimate of drug-likeness (QED) is 0.840. The van der Waals surface area contributed by atoms with Crippen molar-refractivity contribution in [2.24, 2.45) is 0 Å². The first-order chi connectivity index (χ1) is 10.8. The molecule has 0 spiro atoms. The van der Waals surface area contributed by atoms with E-state index in [9.17, 15) is 4.79 Å². The third kappa shape index (κ3) is 1.99. The number of fused-ring (bicyclic) bond motifs is 1. The van der Waals surface area contributed by atoms with E-state index in [1.165, 1.54) is 0 Å². The molecule has 22 heavy (non-hydrogen) atoms. The topological polar surface area (TPSA) is 26.8 Å². The first-order valence-electron chi connectivity index (χ1n) is 7.44. The molecule has 2 saturated heterocycles. The number of carbonyl (C=O) groups is 1. The van der Waals surface area contributed by atoms with Crippen LogP contribution in [0.25, 0.3) is 0 Å². The molecule has 0 aliphatic carbocycles. The van der Waals surface area contributed by atoms with Crippen molar-refractivity contribution >= 4 is 23.3 Å². The third-order valence-electron chi connectivity index (χ3n) is 4.24. The molecule has 2 aliphatic rings. The highest BCUT2D eigenvalue weighted by molar-refractivity contribution is 6.31. The fourth-order valence-corrected chi connectivity index (χ4v) is 3.51. The standard InChI is InChI=1S/C17H16ClN3O/c18-15-10-5-4-9-14(15)16-19-11-6-12-20(19)17(22)21(16)13-7-2-1-3-8-13/h1-5,7-10,16H,6,11-12H2/t16-/m1/s1. The minimum absolute atomic E-state index is 0.0219. The van der Waals surface area contributed by atoms with E-state index >= 15 is 0 Å². The van der Waals surface area contributed by atoms with Gasteiger partial charge in [-0.2, -0.15) is 5.01 Å². The van der Waals surface area contributed by atoms with Crippen molar-refractivity contribution in [1.82, 2.24) is 10.0 Å². The minimum Gasteiger partial charge on any atom is -0.271 e. The highest BCUT2D eigenvalue weighted by Crippen LogP contribution is 2.42. The number of hydrazine groups is 1. The van der Waals surface area contributed by atoms with Crippen LogP contribution >= 0.6 is 11.6 Å². The average Bonchev–Trinajstić information content (AvgIpc) is 3.11. The van der Waals surface area contributed by atoms with Gasteiger partial charge in [-0.3, -0.25) is 9.91 Å². The Bertz CT molecular complexity index is 706. The predicted octanol–water partition coefficient (Wildman–Crippen LogP) is 3.90. The van der Waals surface area contributed by atoms with E-state index in [0.717, 1.165) is 30.8 Å². The van der Waals surface area contributed by atoms with Gasteiger partial charge in [0, 0.05) is 29.4 Å². The zero-order valence-electron chi connectivity index (χ0n) is 12.0. The Morgan fingerprint density at radius 3 is 2.45 bits per heavy atom. The molecule has 2 aromatic rings. The molecule has 0 radical (unpaired) electrons. The maximum Gasteiger partial charge on any atom is 0.340 e. The van der Waals surface area contributed by atoms with Crippen LogP contribution in [0.1, 0.15) is 18.2 Å². The van der Waals surface area contributed by atoms with Gasteiger partial charge in [0.15, 0.2) is 0 Å². The lowest BCUT2D eigenvalue weighted by Gasteiger charge is -2.28. The number of carbonyl (C=O) groups excluding carboxylic acids is 1. The highest BCUT2D eigenvalue weighted by Gasteiger charge is 2.48. The molecule has 2 amide bonds. The third-order valence-corrected chi connectivity index (χ3v) is 4.58. The van der Waals surface area contributed by atoms with Crippen LogP contribution in [0.4, 0.5) is 10.5 Å². The van der Waals surface area contributed by atoms with Crippen molar-refractivity contribution in [3.8, 4) is 0 Å². The van der Waals surface area contributed by atoms with Crippen molar-refractivity contribution in [1.29, 1.82) is 0 Å². The van der Waals surface area contributed by atoms with E-state index in [1.807, 2.05) is 64.5 Å². The van der Waals surface area contributed by atoms with Crippen LogP contribution in [-0.2, 0) is 0 Å². The Morgan fingerprint density at radius 1 is 0.955 bits per heavy atom. The van der Waals surface area contributed by atoms with Gasteiger partial charge < -0.3 is 0 Å². The average molecular weight is 314 g/mol. The van der Waals surface area contributed by atoms with Crippen molar-refractivity contribution < 1.29 is 4.79 Å². The van der Waals surface area contributed by atoms with E-state index in [0.29, 0.717) is 5.02 Å². The summed E-state index contributed by atoms with van der Waals surface area (Å²) in [6, 6.07) is 17.6. The Morgan fingerprint density at radius 2 is 1.68 bits per heavy atom. The monoisotopic (exact) mass is 313 g/mol. The molecule has 2 aliphatic heterocycles. The lowest BCUT2D eigenvalue weighted by atomic mass is 10.1. The molecule has 4 nitrogen and oxygen atoms in total. The van der Waals surface area contributed by atoms with Gasteiger partial charge in [0.2, 0.25) is 0 Å². The Hall–Kier alpha value is -2.04. The highest BCUT2D eigenvalue weighted by atomic mass is 35.5. The van der Waals surface area contributed by atoms with Crippen molar-refractivity contribution in [3.05, 3.63) is 65.2 Å². The second-order valence-corrected chi connectivity index (χ2v) is 5.93. The van der Waals surface area contributed by atoms with Gasteiger partial charge in [-0.1, -0.05) is 48.0 Å². The summed E-state index contributed by atoms with van der Waals surface area (Å²) in [6.45, 7) is 1.63. The van der Waals surface area contributed by atoms with Gasteiger partial charge in [-0.05, 0) is 24.6 Å². The molecule has 0 N–H and O–H groups in total. The van der Waals surface area contributed by atoms with Crippen molar-refractivity contribution in [2.45, 2.75) is 12.6 Å². The molecular weight excluding hydrogens is 298 g/mol. The molecule has 4 rings (SSSR count). The predicted molar refractivity (Wildman–Crippen MR) is 86.5 cm³/mol. The summed E-state index contributed by atoms with van der Waals surface area (Å²) in [5.41, 5.74) is 1.86. The molecule has 2 fully saturated rings. The number of benzene rings is 2. The molecule has 0 bridgehead atoms. The lowest BCUT2D eigenvalue weighted by Crippen LogP contribution is -2.32. The van der Waals surface area contributed by atoms with Crippen molar-refractivity contribution in [2.75, 3.05) is 18.0 Å². The fourth-order valence-electron chi connectivity index (χ4n) is 3.28. The van der Waals surface area contributed by atoms with E-state index in [2.05, 4.69) is 5.01 Å². The molecule has 2 heterocycles. The number of para-hydroxylation sites is 1. The molecule has 2 aromatic carbocycles. The molecule has 5 heteroatoms. The van der Waals surface area contributed by atoms with E-state index in [-0.39, 0.29) is 12.2 Å². The van der Waals surface area contributed by atoms with Crippen LogP contribution in [0.3, 0.4) is 0 Å². The van der Waals surface area contributed by atoms with Gasteiger partial charge in [0.25, 0.3) is 0 Å². The van der Waals surface area contributed by atoms with Crippen LogP contribution in [0.15, 0.2) is 54.6 Å². The van der Waals surface area contributed by atoms with Gasteiger partial charge in [0.1, 0.15) is 6.17 Å². The molecule has 0 aromatic heterocycles. The lowest BCUT2D eigenvalue weighted by molar-refractivity contribution is 0.0728. The summed E-state index contributed by atoms with van der Waals surface area (Å²) in [7, 11) is 0. The van der Waals surface area contributed by atoms with Gasteiger partial charge in [0.05, 0.1) is 0 Å². The summed E-state index contributed by atoms with van der Waals surface area (Å²) < 4.78 is 0. The van der Waals surface area contributed by atoms with Gasteiger partial charge >= 0.3 is 6.03 Å². The van der Waals surface area contributed by atoms with Crippen molar-refractivity contribution in [3.63, 3.8) is 0 Å². The van der Waals surface area contributed by atoms with E-state index in [4.69, 9.17) is 11.6 Å². The first-order valence-corrected chi connectivity index (χ1v) is 7.82.